The van der Waals surface area contributed by atoms with Crippen molar-refractivity contribution >= 4 is 17.6 Å². The van der Waals surface area contributed by atoms with Crippen LogP contribution in [0.25, 0.3) is 0 Å². The zero-order valence-corrected chi connectivity index (χ0v) is 13.9. The first-order valence-corrected chi connectivity index (χ1v) is 8.25. The molecule has 0 unspecified atom stereocenters. The highest BCUT2D eigenvalue weighted by Crippen LogP contribution is 2.43. The number of carboxylic acids is 1. The summed E-state index contributed by atoms with van der Waals surface area (Å²) in [7, 11) is 1.85. The first-order valence-electron chi connectivity index (χ1n) is 7.87. The number of aliphatic carboxylic acids is 1. The minimum atomic E-state index is -0.688. The summed E-state index contributed by atoms with van der Waals surface area (Å²) in [5, 5.41) is 14.8. The summed E-state index contributed by atoms with van der Waals surface area (Å²) < 4.78 is 1.76. The van der Waals surface area contributed by atoms with Crippen LogP contribution in [0.1, 0.15) is 57.3 Å². The molecule has 1 heterocycles. The third kappa shape index (κ3) is 3.10. The lowest BCUT2D eigenvalue weighted by Gasteiger charge is -2.36. The van der Waals surface area contributed by atoms with Crippen LogP contribution in [0, 0.1) is 11.3 Å². The minimum absolute atomic E-state index is 0.487. The number of aromatic nitrogens is 2. The van der Waals surface area contributed by atoms with Crippen LogP contribution < -0.4 is 0 Å². The molecule has 1 fully saturated rings. The molecule has 0 atom stereocenters. The maximum Gasteiger partial charge on any atom is 0.310 e. The van der Waals surface area contributed by atoms with E-state index in [4.69, 9.17) is 11.6 Å². The summed E-state index contributed by atoms with van der Waals surface area (Å²) in [5.41, 5.74) is 1.05. The second-order valence-electron chi connectivity index (χ2n) is 6.30. The van der Waals surface area contributed by atoms with Crippen LogP contribution in [0.2, 0.25) is 5.02 Å². The van der Waals surface area contributed by atoms with E-state index in [0.29, 0.717) is 17.4 Å². The van der Waals surface area contributed by atoms with E-state index in [9.17, 15) is 9.90 Å². The van der Waals surface area contributed by atoms with Crippen molar-refractivity contribution in [3.63, 3.8) is 0 Å². The van der Waals surface area contributed by atoms with Gasteiger partial charge in [0.15, 0.2) is 0 Å². The van der Waals surface area contributed by atoms with Crippen molar-refractivity contribution in [1.29, 1.82) is 0 Å². The van der Waals surface area contributed by atoms with Gasteiger partial charge in [-0.2, -0.15) is 5.10 Å². The molecule has 0 bridgehead atoms. The number of aryl methyl sites for hydroxylation is 2. The van der Waals surface area contributed by atoms with Crippen molar-refractivity contribution in [1.82, 2.24) is 9.78 Å². The maximum atomic E-state index is 11.9. The SMILES string of the molecule is CCc1nn(C)c(CC2(C(=O)O)CCC(CC)CC2)c1Cl. The van der Waals surface area contributed by atoms with Crippen LogP contribution in [0.5, 0.6) is 0 Å². The lowest BCUT2D eigenvalue weighted by molar-refractivity contribution is -0.151. The molecule has 118 valence electrons. The van der Waals surface area contributed by atoms with E-state index in [1.807, 2.05) is 14.0 Å². The van der Waals surface area contributed by atoms with E-state index in [0.717, 1.165) is 49.9 Å². The number of halogens is 1. The fourth-order valence-corrected chi connectivity index (χ4v) is 3.80. The van der Waals surface area contributed by atoms with Gasteiger partial charge in [-0.1, -0.05) is 31.9 Å². The lowest BCUT2D eigenvalue weighted by atomic mass is 9.67. The molecule has 2 rings (SSSR count). The molecule has 0 saturated heterocycles. The fourth-order valence-electron chi connectivity index (χ4n) is 3.44. The van der Waals surface area contributed by atoms with Crippen molar-refractivity contribution in [3.05, 3.63) is 16.4 Å². The average molecular weight is 313 g/mol. The standard InChI is InChI=1S/C16H25ClN2O2/c1-4-11-6-8-16(9-7-11,15(20)21)10-13-14(17)12(5-2)18-19(13)3/h11H,4-10H2,1-3H3,(H,20,21). The Kier molecular flexibility index (Phi) is 4.97. The average Bonchev–Trinajstić information content (AvgIpc) is 2.75. The molecule has 21 heavy (non-hydrogen) atoms. The summed E-state index contributed by atoms with van der Waals surface area (Å²) in [5.74, 6) is -0.0157. The van der Waals surface area contributed by atoms with Crippen LogP contribution in [0.3, 0.4) is 0 Å². The van der Waals surface area contributed by atoms with Crippen molar-refractivity contribution in [2.45, 2.75) is 58.8 Å². The van der Waals surface area contributed by atoms with Crippen molar-refractivity contribution < 1.29 is 9.90 Å². The highest BCUT2D eigenvalue weighted by Gasteiger charge is 2.43. The Morgan fingerprint density at radius 1 is 1.43 bits per heavy atom. The molecule has 0 aliphatic heterocycles. The third-order valence-electron chi connectivity index (χ3n) is 5.10. The predicted octanol–water partition coefficient (Wildman–Crippen LogP) is 3.85. The van der Waals surface area contributed by atoms with Crippen molar-refractivity contribution in [2.75, 3.05) is 0 Å². The van der Waals surface area contributed by atoms with Crippen LogP contribution in [0.4, 0.5) is 0 Å². The summed E-state index contributed by atoms with van der Waals surface area (Å²) in [6.45, 7) is 4.20. The Bertz CT molecular complexity index is 517. The largest absolute Gasteiger partial charge is 0.481 e. The van der Waals surface area contributed by atoms with Gasteiger partial charge < -0.3 is 5.11 Å². The molecule has 0 spiro atoms. The monoisotopic (exact) mass is 312 g/mol. The van der Waals surface area contributed by atoms with E-state index < -0.39 is 11.4 Å². The van der Waals surface area contributed by atoms with Crippen molar-refractivity contribution in [2.24, 2.45) is 18.4 Å². The predicted molar refractivity (Wildman–Crippen MR) is 83.6 cm³/mol. The number of carbonyl (C=O) groups is 1. The van der Waals surface area contributed by atoms with Gasteiger partial charge in [0.25, 0.3) is 0 Å². The topological polar surface area (TPSA) is 55.1 Å². The minimum Gasteiger partial charge on any atom is -0.481 e. The highest BCUT2D eigenvalue weighted by molar-refractivity contribution is 6.31. The van der Waals surface area contributed by atoms with Crippen LogP contribution in [0.15, 0.2) is 0 Å². The molecule has 1 aliphatic rings. The van der Waals surface area contributed by atoms with E-state index in [-0.39, 0.29) is 0 Å². The van der Waals surface area contributed by atoms with E-state index in [1.54, 1.807) is 4.68 Å². The summed E-state index contributed by atoms with van der Waals surface area (Å²) in [6, 6.07) is 0. The van der Waals surface area contributed by atoms with Gasteiger partial charge in [-0.05, 0) is 38.0 Å². The zero-order chi connectivity index (χ0) is 15.6. The summed E-state index contributed by atoms with van der Waals surface area (Å²) >= 11 is 6.40. The molecule has 0 amide bonds. The molecule has 4 nitrogen and oxygen atoms in total. The molecule has 1 aliphatic carbocycles. The number of rotatable bonds is 5. The molecule has 1 saturated carbocycles. The lowest BCUT2D eigenvalue weighted by Crippen LogP contribution is -2.38. The maximum absolute atomic E-state index is 11.9. The Morgan fingerprint density at radius 2 is 2.05 bits per heavy atom. The second-order valence-corrected chi connectivity index (χ2v) is 6.68. The number of carboxylic acid groups (broad SMARTS) is 1. The zero-order valence-electron chi connectivity index (χ0n) is 13.2. The number of nitrogens with zero attached hydrogens (tertiary/aromatic N) is 2. The molecule has 1 aromatic heterocycles. The molecule has 1 N–H and O–H groups in total. The van der Waals surface area contributed by atoms with E-state index >= 15 is 0 Å². The smallest absolute Gasteiger partial charge is 0.310 e. The highest BCUT2D eigenvalue weighted by atomic mass is 35.5. The Balaban J connectivity index is 2.26. The Morgan fingerprint density at radius 3 is 2.48 bits per heavy atom. The molecular formula is C16H25ClN2O2. The fraction of sp³-hybridized carbons (Fsp3) is 0.750. The first-order chi connectivity index (χ1) is 9.93. The molecule has 5 heteroatoms. The first kappa shape index (κ1) is 16.3. The van der Waals surface area contributed by atoms with Gasteiger partial charge in [-0.3, -0.25) is 9.48 Å². The molecule has 0 aromatic carbocycles. The second kappa shape index (κ2) is 6.39. The molecule has 0 radical (unpaired) electrons. The van der Waals surface area contributed by atoms with Gasteiger partial charge >= 0.3 is 5.97 Å². The van der Waals surface area contributed by atoms with Gasteiger partial charge in [0.1, 0.15) is 0 Å². The van der Waals surface area contributed by atoms with Gasteiger partial charge in [0, 0.05) is 13.5 Å². The quantitative estimate of drug-likeness (QED) is 0.898. The number of hydrogen-bond acceptors (Lipinski definition) is 2. The Labute approximate surface area is 131 Å². The van der Waals surface area contributed by atoms with Gasteiger partial charge in [0.2, 0.25) is 0 Å². The number of hydrogen-bond donors (Lipinski definition) is 1. The van der Waals surface area contributed by atoms with E-state index in [1.165, 1.54) is 0 Å². The molecular weight excluding hydrogens is 288 g/mol. The molecule has 1 aromatic rings. The van der Waals surface area contributed by atoms with Gasteiger partial charge in [-0.15, -0.1) is 0 Å². The summed E-state index contributed by atoms with van der Waals surface area (Å²) in [6.07, 6.45) is 5.87. The Hall–Kier alpha value is -1.03. The van der Waals surface area contributed by atoms with Crippen LogP contribution in [-0.4, -0.2) is 20.9 Å². The summed E-state index contributed by atoms with van der Waals surface area (Å²) in [4.78, 5) is 11.9. The van der Waals surface area contributed by atoms with Gasteiger partial charge in [0.05, 0.1) is 21.8 Å². The normalized spacial score (nSPS) is 26.0. The van der Waals surface area contributed by atoms with E-state index in [2.05, 4.69) is 12.0 Å². The van der Waals surface area contributed by atoms with Gasteiger partial charge in [-0.25, -0.2) is 0 Å². The van der Waals surface area contributed by atoms with Crippen molar-refractivity contribution in [3.8, 4) is 0 Å². The van der Waals surface area contributed by atoms with Crippen LogP contribution in [-0.2, 0) is 24.7 Å². The van der Waals surface area contributed by atoms with Crippen LogP contribution >= 0.6 is 11.6 Å². The third-order valence-corrected chi connectivity index (χ3v) is 5.54.